The van der Waals surface area contributed by atoms with E-state index in [-0.39, 0.29) is 24.5 Å². The lowest BCUT2D eigenvalue weighted by Crippen LogP contribution is -2.50. The predicted octanol–water partition coefficient (Wildman–Crippen LogP) is 0.640. The van der Waals surface area contributed by atoms with Gasteiger partial charge in [-0.25, -0.2) is 9.80 Å². The van der Waals surface area contributed by atoms with Gasteiger partial charge in [-0.05, 0) is 13.8 Å². The van der Waals surface area contributed by atoms with Crippen molar-refractivity contribution in [2.45, 2.75) is 25.9 Å². The minimum atomic E-state index is -0.507. The quantitative estimate of drug-likeness (QED) is 0.598. The van der Waals surface area contributed by atoms with Gasteiger partial charge in [-0.2, -0.15) is 0 Å². The van der Waals surface area contributed by atoms with Crippen molar-refractivity contribution in [1.29, 1.82) is 0 Å². The Morgan fingerprint density at radius 2 is 1.83 bits per heavy atom. The second kappa shape index (κ2) is 4.33. The molecule has 12 heavy (non-hydrogen) atoms. The van der Waals surface area contributed by atoms with Gasteiger partial charge in [-0.1, -0.05) is 12.2 Å². The highest BCUT2D eigenvalue weighted by Gasteiger charge is 2.22. The fraction of sp³-hybridized carbons (Fsp3) is 0.571. The SMILES string of the molecule is CC1C=CC(C)N1NC(N)=O.Cl. The molecule has 0 saturated heterocycles. The lowest BCUT2D eigenvalue weighted by molar-refractivity contribution is 0.155. The molecule has 0 fully saturated rings. The number of hydrogen-bond donors (Lipinski definition) is 2. The van der Waals surface area contributed by atoms with E-state index in [1.807, 2.05) is 31.0 Å². The highest BCUT2D eigenvalue weighted by Crippen LogP contribution is 2.12. The maximum atomic E-state index is 10.5. The van der Waals surface area contributed by atoms with Crippen molar-refractivity contribution in [2.75, 3.05) is 0 Å². The molecule has 2 unspecified atom stereocenters. The number of nitrogens with one attached hydrogen (secondary N) is 1. The molecule has 0 saturated carbocycles. The molecule has 3 N–H and O–H groups in total. The lowest BCUT2D eigenvalue weighted by Gasteiger charge is -2.25. The van der Waals surface area contributed by atoms with E-state index < -0.39 is 6.03 Å². The first-order chi connectivity index (χ1) is 5.11. The van der Waals surface area contributed by atoms with Gasteiger partial charge in [0.15, 0.2) is 0 Å². The van der Waals surface area contributed by atoms with Crippen LogP contribution in [0.2, 0.25) is 0 Å². The Kier molecular flexibility index (Phi) is 4.06. The maximum absolute atomic E-state index is 10.5. The normalized spacial score (nSPS) is 28.2. The summed E-state index contributed by atoms with van der Waals surface area (Å²) < 4.78 is 0. The van der Waals surface area contributed by atoms with E-state index in [0.717, 1.165) is 0 Å². The minimum Gasteiger partial charge on any atom is -0.351 e. The summed E-state index contributed by atoms with van der Waals surface area (Å²) in [5.41, 5.74) is 7.53. The van der Waals surface area contributed by atoms with Crippen LogP contribution in [0, 0.1) is 0 Å². The summed E-state index contributed by atoms with van der Waals surface area (Å²) in [6.07, 6.45) is 4.06. The molecule has 1 aliphatic heterocycles. The monoisotopic (exact) mass is 191 g/mol. The van der Waals surface area contributed by atoms with Crippen LogP contribution >= 0.6 is 12.4 Å². The maximum Gasteiger partial charge on any atom is 0.326 e. The average molecular weight is 192 g/mol. The van der Waals surface area contributed by atoms with Crippen LogP contribution in [0.15, 0.2) is 12.2 Å². The van der Waals surface area contributed by atoms with Crippen molar-refractivity contribution in [1.82, 2.24) is 10.4 Å². The summed E-state index contributed by atoms with van der Waals surface area (Å²) >= 11 is 0. The van der Waals surface area contributed by atoms with Crippen molar-refractivity contribution < 1.29 is 4.79 Å². The molecular formula is C7H14ClN3O. The summed E-state index contributed by atoms with van der Waals surface area (Å²) in [5.74, 6) is 0. The van der Waals surface area contributed by atoms with E-state index in [0.29, 0.717) is 0 Å². The molecule has 70 valence electrons. The molecule has 0 aromatic heterocycles. The van der Waals surface area contributed by atoms with E-state index in [4.69, 9.17) is 5.73 Å². The Morgan fingerprint density at radius 1 is 1.42 bits per heavy atom. The molecule has 1 heterocycles. The van der Waals surface area contributed by atoms with Crippen molar-refractivity contribution >= 4 is 18.4 Å². The second-order valence-corrected chi connectivity index (χ2v) is 2.75. The van der Waals surface area contributed by atoms with Crippen LogP contribution in [0.1, 0.15) is 13.8 Å². The highest BCUT2D eigenvalue weighted by molar-refractivity contribution is 5.85. The zero-order valence-electron chi connectivity index (χ0n) is 7.15. The van der Waals surface area contributed by atoms with E-state index in [2.05, 4.69) is 5.43 Å². The van der Waals surface area contributed by atoms with Gasteiger partial charge >= 0.3 is 6.03 Å². The molecule has 5 heteroatoms. The summed E-state index contributed by atoms with van der Waals surface area (Å²) in [4.78, 5) is 10.5. The first-order valence-electron chi connectivity index (χ1n) is 3.64. The molecular weight excluding hydrogens is 178 g/mol. The molecule has 2 amide bonds. The third kappa shape index (κ3) is 2.39. The molecule has 0 spiro atoms. The zero-order chi connectivity index (χ0) is 8.43. The third-order valence-corrected chi connectivity index (χ3v) is 1.78. The lowest BCUT2D eigenvalue weighted by atomic mass is 10.4. The van der Waals surface area contributed by atoms with Crippen molar-refractivity contribution in [3.05, 3.63) is 12.2 Å². The van der Waals surface area contributed by atoms with Gasteiger partial charge in [0.25, 0.3) is 0 Å². The molecule has 2 atom stereocenters. The van der Waals surface area contributed by atoms with Gasteiger partial charge in [0, 0.05) is 12.1 Å². The number of rotatable bonds is 1. The number of hydrazine groups is 1. The number of nitrogens with two attached hydrogens (primary N) is 1. The van der Waals surface area contributed by atoms with E-state index in [9.17, 15) is 4.79 Å². The smallest absolute Gasteiger partial charge is 0.326 e. The Bertz CT molecular complexity index is 183. The number of nitrogens with zero attached hydrogens (tertiary/aromatic N) is 1. The van der Waals surface area contributed by atoms with Crippen LogP contribution < -0.4 is 11.2 Å². The molecule has 4 nitrogen and oxygen atoms in total. The van der Waals surface area contributed by atoms with Gasteiger partial charge in [0.2, 0.25) is 0 Å². The molecule has 1 rings (SSSR count). The molecule has 0 aliphatic carbocycles. The van der Waals surface area contributed by atoms with Gasteiger partial charge in [0.05, 0.1) is 0 Å². The number of halogens is 1. The van der Waals surface area contributed by atoms with Crippen molar-refractivity contribution in [3.8, 4) is 0 Å². The van der Waals surface area contributed by atoms with Crippen LogP contribution in [0.25, 0.3) is 0 Å². The minimum absolute atomic E-state index is 0. The Morgan fingerprint density at radius 3 is 2.17 bits per heavy atom. The molecule has 0 aromatic rings. The second-order valence-electron chi connectivity index (χ2n) is 2.75. The van der Waals surface area contributed by atoms with Crippen LogP contribution in [-0.2, 0) is 0 Å². The predicted molar refractivity (Wildman–Crippen MR) is 49.9 cm³/mol. The van der Waals surface area contributed by atoms with Gasteiger partial charge in [0.1, 0.15) is 0 Å². The molecule has 0 radical (unpaired) electrons. The van der Waals surface area contributed by atoms with Gasteiger partial charge < -0.3 is 5.73 Å². The average Bonchev–Trinajstić information content (AvgIpc) is 2.18. The first-order valence-corrected chi connectivity index (χ1v) is 3.64. The standard InChI is InChI=1S/C7H13N3O.ClH/c1-5-3-4-6(2)10(5)9-7(8)11;/h3-6H,1-2H3,(H3,8,9,11);1H. The number of primary amides is 1. The molecule has 0 aromatic carbocycles. The Balaban J connectivity index is 0.00000121. The van der Waals surface area contributed by atoms with Gasteiger partial charge in [-0.15, -0.1) is 12.4 Å². The highest BCUT2D eigenvalue weighted by atomic mass is 35.5. The fourth-order valence-corrected chi connectivity index (χ4v) is 1.21. The molecule has 0 bridgehead atoms. The Labute approximate surface area is 78.2 Å². The Hall–Kier alpha value is -0.740. The summed E-state index contributed by atoms with van der Waals surface area (Å²) in [6, 6.07) is -0.0394. The van der Waals surface area contributed by atoms with Crippen LogP contribution in [0.3, 0.4) is 0 Å². The van der Waals surface area contributed by atoms with Crippen LogP contribution in [0.5, 0.6) is 0 Å². The molecule has 1 aliphatic rings. The number of carbonyl (C=O) groups excluding carboxylic acids is 1. The topological polar surface area (TPSA) is 58.4 Å². The summed E-state index contributed by atoms with van der Waals surface area (Å²) in [5, 5.41) is 1.81. The van der Waals surface area contributed by atoms with Gasteiger partial charge in [-0.3, -0.25) is 5.43 Å². The zero-order valence-corrected chi connectivity index (χ0v) is 7.97. The number of hydrogen-bond acceptors (Lipinski definition) is 2. The fourth-order valence-electron chi connectivity index (χ4n) is 1.21. The number of amides is 2. The first kappa shape index (κ1) is 11.3. The van der Waals surface area contributed by atoms with E-state index in [1.54, 1.807) is 0 Å². The number of urea groups is 1. The largest absolute Gasteiger partial charge is 0.351 e. The number of carbonyl (C=O) groups is 1. The van der Waals surface area contributed by atoms with E-state index >= 15 is 0 Å². The van der Waals surface area contributed by atoms with E-state index in [1.165, 1.54) is 0 Å². The van der Waals surface area contributed by atoms with Crippen molar-refractivity contribution in [2.24, 2.45) is 5.73 Å². The summed E-state index contributed by atoms with van der Waals surface area (Å²) in [6.45, 7) is 3.99. The third-order valence-electron chi connectivity index (χ3n) is 1.78. The van der Waals surface area contributed by atoms with Crippen molar-refractivity contribution in [3.63, 3.8) is 0 Å². The summed E-state index contributed by atoms with van der Waals surface area (Å²) in [7, 11) is 0. The van der Waals surface area contributed by atoms with Crippen LogP contribution in [0.4, 0.5) is 4.79 Å². The van der Waals surface area contributed by atoms with Crippen LogP contribution in [-0.4, -0.2) is 23.1 Å².